The van der Waals surface area contributed by atoms with E-state index < -0.39 is 9.84 Å². The lowest BCUT2D eigenvalue weighted by atomic mass is 10.1. The van der Waals surface area contributed by atoms with Crippen molar-refractivity contribution in [3.63, 3.8) is 0 Å². The molecule has 1 saturated heterocycles. The average molecular weight is 325 g/mol. The molecule has 1 aromatic carbocycles. The summed E-state index contributed by atoms with van der Waals surface area (Å²) in [6.07, 6.45) is 0.721. The van der Waals surface area contributed by atoms with Gasteiger partial charge in [-0.05, 0) is 18.4 Å². The maximum atomic E-state index is 11.4. The van der Waals surface area contributed by atoms with Crippen molar-refractivity contribution in [3.05, 3.63) is 29.8 Å². The van der Waals surface area contributed by atoms with E-state index in [2.05, 4.69) is 15.6 Å². The lowest BCUT2D eigenvalue weighted by Gasteiger charge is -2.15. The van der Waals surface area contributed by atoms with Crippen LogP contribution in [0.1, 0.15) is 12.0 Å². The van der Waals surface area contributed by atoms with Crippen LogP contribution in [0.3, 0.4) is 0 Å². The molecule has 122 valence electrons. The van der Waals surface area contributed by atoms with Crippen molar-refractivity contribution in [1.82, 2.24) is 10.6 Å². The van der Waals surface area contributed by atoms with Gasteiger partial charge < -0.3 is 15.4 Å². The van der Waals surface area contributed by atoms with Crippen molar-refractivity contribution in [1.29, 1.82) is 0 Å². The molecule has 1 heterocycles. The molecule has 2 N–H and O–H groups in total. The quantitative estimate of drug-likeness (QED) is 0.618. The summed E-state index contributed by atoms with van der Waals surface area (Å²) >= 11 is 0. The van der Waals surface area contributed by atoms with Crippen LogP contribution in [0.4, 0.5) is 0 Å². The van der Waals surface area contributed by atoms with Gasteiger partial charge in [0.2, 0.25) is 0 Å². The van der Waals surface area contributed by atoms with Gasteiger partial charge in [-0.15, -0.1) is 0 Å². The zero-order chi connectivity index (χ0) is 16.0. The minimum absolute atomic E-state index is 0.162. The molecule has 0 saturated carbocycles. The van der Waals surface area contributed by atoms with Gasteiger partial charge in [0.15, 0.2) is 15.8 Å². The zero-order valence-electron chi connectivity index (χ0n) is 13.0. The van der Waals surface area contributed by atoms with Gasteiger partial charge in [0.1, 0.15) is 5.75 Å². The number of hydrogen-bond donors (Lipinski definition) is 2. The molecule has 1 aromatic rings. The van der Waals surface area contributed by atoms with Crippen LogP contribution < -0.4 is 15.4 Å². The fourth-order valence-corrected chi connectivity index (χ4v) is 4.38. The van der Waals surface area contributed by atoms with Gasteiger partial charge in [0, 0.05) is 25.7 Å². The molecule has 0 amide bonds. The van der Waals surface area contributed by atoms with E-state index in [9.17, 15) is 8.42 Å². The van der Waals surface area contributed by atoms with E-state index >= 15 is 0 Å². The Morgan fingerprint density at radius 3 is 2.77 bits per heavy atom. The summed E-state index contributed by atoms with van der Waals surface area (Å²) in [6, 6.07) is 7.79. The Balaban J connectivity index is 1.83. The zero-order valence-corrected chi connectivity index (χ0v) is 13.8. The van der Waals surface area contributed by atoms with Gasteiger partial charge in [-0.3, -0.25) is 4.99 Å². The minimum Gasteiger partial charge on any atom is -0.496 e. The van der Waals surface area contributed by atoms with Gasteiger partial charge in [-0.25, -0.2) is 8.42 Å². The number of guanidine groups is 1. The Labute approximate surface area is 131 Å². The van der Waals surface area contributed by atoms with Gasteiger partial charge in [-0.1, -0.05) is 18.2 Å². The smallest absolute Gasteiger partial charge is 0.191 e. The second-order valence-electron chi connectivity index (χ2n) is 5.39. The first kappa shape index (κ1) is 16.6. The Kier molecular flexibility index (Phi) is 5.65. The molecule has 1 aliphatic rings. The Morgan fingerprint density at radius 2 is 2.14 bits per heavy atom. The number of para-hydroxylation sites is 1. The SMILES string of the molecule is CN=C(NCc1ccccc1OC)NCC1CCS(=O)(=O)C1. The second kappa shape index (κ2) is 7.49. The molecular formula is C15H23N3O3S. The maximum absolute atomic E-state index is 11.4. The van der Waals surface area contributed by atoms with Gasteiger partial charge >= 0.3 is 0 Å². The standard InChI is InChI=1S/C15H23N3O3S/c1-16-15(17-9-12-7-8-22(19,20)11-12)18-10-13-5-3-4-6-14(13)21-2/h3-6,12H,7-11H2,1-2H3,(H2,16,17,18). The number of methoxy groups -OCH3 is 1. The molecule has 1 fully saturated rings. The number of nitrogens with one attached hydrogen (secondary N) is 2. The third-order valence-electron chi connectivity index (χ3n) is 3.75. The molecule has 6 nitrogen and oxygen atoms in total. The first-order valence-corrected chi connectivity index (χ1v) is 9.13. The van der Waals surface area contributed by atoms with E-state index in [-0.39, 0.29) is 11.7 Å². The molecule has 2 rings (SSSR count). The molecule has 22 heavy (non-hydrogen) atoms. The molecule has 1 atom stereocenters. The predicted molar refractivity (Wildman–Crippen MR) is 88.0 cm³/mol. The Hall–Kier alpha value is -1.76. The highest BCUT2D eigenvalue weighted by molar-refractivity contribution is 7.91. The van der Waals surface area contributed by atoms with Crippen LogP contribution in [0, 0.1) is 5.92 Å². The summed E-state index contributed by atoms with van der Waals surface area (Å²) in [7, 11) is 0.511. The molecular weight excluding hydrogens is 302 g/mol. The summed E-state index contributed by atoms with van der Waals surface area (Å²) in [4.78, 5) is 4.16. The molecule has 1 unspecified atom stereocenters. The highest BCUT2D eigenvalue weighted by Crippen LogP contribution is 2.18. The first-order chi connectivity index (χ1) is 10.5. The van der Waals surface area contributed by atoms with Crippen molar-refractivity contribution in [2.24, 2.45) is 10.9 Å². The van der Waals surface area contributed by atoms with Crippen LogP contribution >= 0.6 is 0 Å². The predicted octanol–water partition coefficient (Wildman–Crippen LogP) is 0.795. The minimum atomic E-state index is -2.83. The van der Waals surface area contributed by atoms with Crippen LogP contribution in [0.25, 0.3) is 0 Å². The number of rotatable bonds is 5. The number of sulfone groups is 1. The Morgan fingerprint density at radius 1 is 1.36 bits per heavy atom. The molecule has 0 spiro atoms. The second-order valence-corrected chi connectivity index (χ2v) is 7.62. The summed E-state index contributed by atoms with van der Waals surface area (Å²) in [5.74, 6) is 2.22. The lowest BCUT2D eigenvalue weighted by Crippen LogP contribution is -2.39. The topological polar surface area (TPSA) is 79.8 Å². The van der Waals surface area contributed by atoms with Crippen LogP contribution in [-0.4, -0.2) is 46.6 Å². The maximum Gasteiger partial charge on any atom is 0.191 e. The van der Waals surface area contributed by atoms with Gasteiger partial charge in [0.05, 0.1) is 18.6 Å². The molecule has 0 aromatic heterocycles. The largest absolute Gasteiger partial charge is 0.496 e. The van der Waals surface area contributed by atoms with E-state index in [0.717, 1.165) is 17.7 Å². The number of nitrogens with zero attached hydrogens (tertiary/aromatic N) is 1. The summed E-state index contributed by atoms with van der Waals surface area (Å²) < 4.78 is 28.2. The van der Waals surface area contributed by atoms with Gasteiger partial charge in [-0.2, -0.15) is 0 Å². The van der Waals surface area contributed by atoms with E-state index in [0.29, 0.717) is 24.8 Å². The first-order valence-electron chi connectivity index (χ1n) is 7.31. The normalized spacial score (nSPS) is 20.6. The van der Waals surface area contributed by atoms with E-state index in [4.69, 9.17) is 4.74 Å². The summed E-state index contributed by atoms with van der Waals surface area (Å²) in [6.45, 7) is 1.21. The fraction of sp³-hybridized carbons (Fsp3) is 0.533. The fourth-order valence-electron chi connectivity index (χ4n) is 2.52. The van der Waals surface area contributed by atoms with Crippen molar-refractivity contribution in [3.8, 4) is 5.75 Å². The van der Waals surface area contributed by atoms with Crippen LogP contribution in [-0.2, 0) is 16.4 Å². The number of benzene rings is 1. The van der Waals surface area contributed by atoms with Gasteiger partial charge in [0.25, 0.3) is 0 Å². The highest BCUT2D eigenvalue weighted by Gasteiger charge is 2.27. The summed E-state index contributed by atoms with van der Waals surface area (Å²) in [5, 5.41) is 6.41. The third kappa shape index (κ3) is 4.62. The van der Waals surface area contributed by atoms with E-state index in [1.807, 2.05) is 24.3 Å². The lowest BCUT2D eigenvalue weighted by molar-refractivity contribution is 0.409. The molecule has 0 bridgehead atoms. The molecule has 0 radical (unpaired) electrons. The van der Waals surface area contributed by atoms with E-state index in [1.54, 1.807) is 14.2 Å². The van der Waals surface area contributed by atoms with E-state index in [1.165, 1.54) is 0 Å². The third-order valence-corrected chi connectivity index (χ3v) is 5.58. The Bertz CT molecular complexity index is 629. The van der Waals surface area contributed by atoms with Crippen molar-refractivity contribution < 1.29 is 13.2 Å². The van der Waals surface area contributed by atoms with Crippen molar-refractivity contribution >= 4 is 15.8 Å². The highest BCUT2D eigenvalue weighted by atomic mass is 32.2. The molecule has 1 aliphatic heterocycles. The number of aliphatic imine (C=N–C) groups is 1. The molecule has 0 aliphatic carbocycles. The van der Waals surface area contributed by atoms with Crippen molar-refractivity contribution in [2.75, 3.05) is 32.2 Å². The van der Waals surface area contributed by atoms with Crippen molar-refractivity contribution in [2.45, 2.75) is 13.0 Å². The number of ether oxygens (including phenoxy) is 1. The summed E-state index contributed by atoms with van der Waals surface area (Å²) in [5.41, 5.74) is 1.04. The van der Waals surface area contributed by atoms with Crippen LogP contribution in [0.2, 0.25) is 0 Å². The average Bonchev–Trinajstić information content (AvgIpc) is 2.87. The molecule has 7 heteroatoms. The number of hydrogen-bond acceptors (Lipinski definition) is 4. The monoisotopic (exact) mass is 325 g/mol. The van der Waals surface area contributed by atoms with Crippen LogP contribution in [0.15, 0.2) is 29.3 Å². The van der Waals surface area contributed by atoms with Crippen LogP contribution in [0.5, 0.6) is 5.75 Å².